The molecule has 1 aliphatic heterocycles. The zero-order valence-electron chi connectivity index (χ0n) is 19.5. The van der Waals surface area contributed by atoms with Crippen molar-refractivity contribution in [3.8, 4) is 11.3 Å². The number of hydrogen-bond donors (Lipinski definition) is 2. The number of amides is 3. The van der Waals surface area contributed by atoms with Gasteiger partial charge in [-0.1, -0.05) is 36.2 Å². The Morgan fingerprint density at radius 1 is 1.11 bits per heavy atom. The molecule has 5 aliphatic rings. The summed E-state index contributed by atoms with van der Waals surface area (Å²) in [5, 5.41) is 8.83. The van der Waals surface area contributed by atoms with E-state index in [2.05, 4.69) is 17.3 Å². The molecule has 10 heteroatoms. The van der Waals surface area contributed by atoms with Crippen LogP contribution in [0.1, 0.15) is 61.5 Å². The minimum Gasteiger partial charge on any atom is -0.365 e. The molecule has 7 rings (SSSR count). The molecule has 4 aliphatic carbocycles. The fraction of sp³-hybridized carbons (Fsp3) is 0.560. The molecule has 186 valence electrons. The molecule has 35 heavy (non-hydrogen) atoms. The molecule has 4 bridgehead atoms. The maximum absolute atomic E-state index is 13.5. The largest absolute Gasteiger partial charge is 0.365 e. The summed E-state index contributed by atoms with van der Waals surface area (Å²) in [4.78, 5) is 27.6. The van der Waals surface area contributed by atoms with Crippen LogP contribution >= 0.6 is 34.8 Å². The molecule has 7 nitrogen and oxygen atoms in total. The summed E-state index contributed by atoms with van der Waals surface area (Å²) < 4.78 is 1.77. The molecule has 1 aromatic heterocycles. The van der Waals surface area contributed by atoms with E-state index in [9.17, 15) is 9.59 Å². The van der Waals surface area contributed by atoms with Crippen molar-refractivity contribution in [2.75, 3.05) is 6.54 Å². The fourth-order valence-electron chi connectivity index (χ4n) is 7.83. The standard InChI is InChI=1S/C25H28Cl3N5O2/c1-23-7-14-8-24(28,11-23)13-25(9-14,12-23)30-22(35)32-4-5-33-18(10-32)19(21(29)34)20(31-33)15-2-3-16(26)17(27)6-15/h2-3,6,14H,4-5,7-13H2,1H3,(H2,29,34)(H,30,35). The Kier molecular flexibility index (Phi) is 5.20. The first-order chi connectivity index (χ1) is 16.5. The number of carbonyl (C=O) groups excluding carboxylic acids is 2. The minimum atomic E-state index is -0.590. The van der Waals surface area contributed by atoms with Gasteiger partial charge >= 0.3 is 6.03 Å². The Labute approximate surface area is 219 Å². The first-order valence-electron chi connectivity index (χ1n) is 12.1. The smallest absolute Gasteiger partial charge is 0.318 e. The van der Waals surface area contributed by atoms with Gasteiger partial charge in [-0.05, 0) is 62.0 Å². The van der Waals surface area contributed by atoms with E-state index < -0.39 is 5.91 Å². The highest BCUT2D eigenvalue weighted by molar-refractivity contribution is 6.42. The van der Waals surface area contributed by atoms with E-state index in [4.69, 9.17) is 40.5 Å². The number of benzene rings is 1. The van der Waals surface area contributed by atoms with E-state index in [-0.39, 0.29) is 28.4 Å². The Balaban J connectivity index is 1.27. The molecular formula is C25H28Cl3N5O2. The monoisotopic (exact) mass is 535 g/mol. The van der Waals surface area contributed by atoms with Gasteiger partial charge in [-0.2, -0.15) is 5.10 Å². The van der Waals surface area contributed by atoms with Gasteiger partial charge in [-0.25, -0.2) is 4.79 Å². The lowest BCUT2D eigenvalue weighted by Gasteiger charge is -2.64. The van der Waals surface area contributed by atoms with Crippen LogP contribution < -0.4 is 11.1 Å². The van der Waals surface area contributed by atoms with Crippen LogP contribution in [-0.4, -0.2) is 43.6 Å². The Bertz CT molecular complexity index is 1240. The maximum atomic E-state index is 13.5. The van der Waals surface area contributed by atoms with E-state index in [0.29, 0.717) is 51.6 Å². The average molecular weight is 537 g/mol. The molecule has 4 atom stereocenters. The zero-order chi connectivity index (χ0) is 24.8. The molecule has 4 saturated carbocycles. The second-order valence-corrected chi connectivity index (χ2v) is 13.1. The number of primary amides is 1. The predicted octanol–water partition coefficient (Wildman–Crippen LogP) is 5.20. The SMILES string of the molecule is CC12CC3CC(Cl)(C1)CC(NC(=O)N1CCn4nc(-c5ccc(Cl)c(Cl)c5)c(C(N)=O)c4C1)(C3)C2. The molecule has 3 N–H and O–H groups in total. The van der Waals surface area contributed by atoms with Gasteiger partial charge < -0.3 is 16.0 Å². The molecule has 0 spiro atoms. The molecule has 4 unspecified atom stereocenters. The summed E-state index contributed by atoms with van der Waals surface area (Å²) in [5.41, 5.74) is 7.75. The summed E-state index contributed by atoms with van der Waals surface area (Å²) in [7, 11) is 0. The topological polar surface area (TPSA) is 93.2 Å². The van der Waals surface area contributed by atoms with Crippen LogP contribution in [0.2, 0.25) is 10.0 Å². The van der Waals surface area contributed by atoms with Crippen LogP contribution in [0.15, 0.2) is 18.2 Å². The number of halogens is 3. The van der Waals surface area contributed by atoms with Gasteiger partial charge in [-0.15, -0.1) is 11.6 Å². The number of aromatic nitrogens is 2. The van der Waals surface area contributed by atoms with Gasteiger partial charge in [0.2, 0.25) is 0 Å². The third kappa shape index (κ3) is 3.91. The Hall–Kier alpha value is -1.96. The molecule has 4 fully saturated rings. The van der Waals surface area contributed by atoms with Crippen molar-refractivity contribution in [2.45, 2.75) is 69.0 Å². The van der Waals surface area contributed by atoms with Crippen molar-refractivity contribution in [2.24, 2.45) is 17.1 Å². The molecular weight excluding hydrogens is 509 g/mol. The van der Waals surface area contributed by atoms with Crippen molar-refractivity contribution in [1.29, 1.82) is 0 Å². The van der Waals surface area contributed by atoms with Crippen molar-refractivity contribution in [3.63, 3.8) is 0 Å². The first kappa shape index (κ1) is 23.4. The summed E-state index contributed by atoms with van der Waals surface area (Å²) in [6.45, 7) is 3.53. The van der Waals surface area contributed by atoms with Gasteiger partial charge in [0.15, 0.2) is 0 Å². The Morgan fingerprint density at radius 2 is 1.91 bits per heavy atom. The number of nitrogens with zero attached hydrogens (tertiary/aromatic N) is 3. The first-order valence-corrected chi connectivity index (χ1v) is 13.2. The van der Waals surface area contributed by atoms with Crippen LogP contribution in [0, 0.1) is 11.3 Å². The average Bonchev–Trinajstić information content (AvgIpc) is 3.11. The van der Waals surface area contributed by atoms with Crippen molar-refractivity contribution in [1.82, 2.24) is 20.0 Å². The number of nitrogens with two attached hydrogens (primary N) is 1. The number of rotatable bonds is 3. The van der Waals surface area contributed by atoms with Crippen LogP contribution in [0.4, 0.5) is 4.79 Å². The van der Waals surface area contributed by atoms with E-state index >= 15 is 0 Å². The number of alkyl halides is 1. The number of nitrogens with one attached hydrogen (secondary N) is 1. The maximum Gasteiger partial charge on any atom is 0.318 e. The molecule has 2 heterocycles. The summed E-state index contributed by atoms with van der Waals surface area (Å²) in [6, 6.07) is 4.98. The number of carbonyl (C=O) groups is 2. The van der Waals surface area contributed by atoms with Gasteiger partial charge in [-0.3, -0.25) is 9.48 Å². The summed E-state index contributed by atoms with van der Waals surface area (Å²) in [6.07, 6.45) is 6.04. The number of hydrogen-bond acceptors (Lipinski definition) is 3. The van der Waals surface area contributed by atoms with E-state index in [0.717, 1.165) is 32.1 Å². The van der Waals surface area contributed by atoms with Gasteiger partial charge in [0.1, 0.15) is 5.69 Å². The molecule has 0 radical (unpaired) electrons. The lowest BCUT2D eigenvalue weighted by molar-refractivity contribution is -0.0564. The minimum absolute atomic E-state index is 0.116. The lowest BCUT2D eigenvalue weighted by Crippen LogP contribution is -2.67. The highest BCUT2D eigenvalue weighted by atomic mass is 35.5. The molecule has 2 aromatic rings. The predicted molar refractivity (Wildman–Crippen MR) is 136 cm³/mol. The van der Waals surface area contributed by atoms with Crippen molar-refractivity contribution < 1.29 is 9.59 Å². The number of urea groups is 1. The highest BCUT2D eigenvalue weighted by Crippen LogP contribution is 2.65. The molecule has 0 saturated heterocycles. The van der Waals surface area contributed by atoms with Crippen LogP contribution in [0.25, 0.3) is 11.3 Å². The number of fused-ring (bicyclic) bond motifs is 1. The van der Waals surface area contributed by atoms with Gasteiger partial charge in [0.25, 0.3) is 5.91 Å². The van der Waals surface area contributed by atoms with E-state index in [1.165, 1.54) is 6.42 Å². The van der Waals surface area contributed by atoms with Crippen molar-refractivity contribution in [3.05, 3.63) is 39.5 Å². The van der Waals surface area contributed by atoms with Gasteiger partial charge in [0, 0.05) is 22.5 Å². The second-order valence-electron chi connectivity index (χ2n) is 11.5. The lowest BCUT2D eigenvalue weighted by atomic mass is 9.47. The van der Waals surface area contributed by atoms with Crippen molar-refractivity contribution >= 4 is 46.7 Å². The van der Waals surface area contributed by atoms with Crippen LogP contribution in [0.3, 0.4) is 0 Å². The molecule has 1 aromatic carbocycles. The molecule has 3 amide bonds. The summed E-state index contributed by atoms with van der Waals surface area (Å²) in [5.74, 6) is -0.0280. The van der Waals surface area contributed by atoms with E-state index in [1.54, 1.807) is 27.8 Å². The zero-order valence-corrected chi connectivity index (χ0v) is 21.8. The summed E-state index contributed by atoms with van der Waals surface area (Å²) >= 11 is 19.3. The Morgan fingerprint density at radius 3 is 2.60 bits per heavy atom. The van der Waals surface area contributed by atoms with Crippen LogP contribution in [-0.2, 0) is 13.1 Å². The van der Waals surface area contributed by atoms with Crippen LogP contribution in [0.5, 0.6) is 0 Å². The quantitative estimate of drug-likeness (QED) is 0.528. The third-order valence-electron chi connectivity index (χ3n) is 8.36. The normalized spacial score (nSPS) is 33.0. The third-order valence-corrected chi connectivity index (χ3v) is 9.52. The van der Waals surface area contributed by atoms with E-state index in [1.807, 2.05) is 0 Å². The second kappa shape index (κ2) is 7.77. The fourth-order valence-corrected chi connectivity index (χ4v) is 8.93. The van der Waals surface area contributed by atoms with Gasteiger partial charge in [0.05, 0.1) is 34.4 Å². The highest BCUT2D eigenvalue weighted by Gasteiger charge is 2.62.